The minimum Gasteiger partial charge on any atom is -0.394 e. The van der Waals surface area contributed by atoms with Gasteiger partial charge in [0.25, 0.3) is 0 Å². The first-order valence-corrected chi connectivity index (χ1v) is 9.58. The van der Waals surface area contributed by atoms with E-state index in [4.69, 9.17) is 0 Å². The molecule has 3 aromatic rings. The number of rotatable bonds is 4. The Kier molecular flexibility index (Phi) is 5.51. The number of nitrogens with one attached hydrogen (secondary N) is 1. The minimum atomic E-state index is 1.26. The minimum absolute atomic E-state index is 1.26. The van der Waals surface area contributed by atoms with Crippen LogP contribution in [0.1, 0.15) is 45.9 Å². The molecule has 3 rings (SSSR count). The maximum absolute atomic E-state index is 3.15. The average molecular weight is 356 g/mol. The Morgan fingerprint density at radius 2 is 1.63 bits per heavy atom. The van der Waals surface area contributed by atoms with Crippen LogP contribution in [0.2, 0.25) is 0 Å². The number of aryl methyl sites for hydroxylation is 3. The Morgan fingerprint density at radius 1 is 0.852 bits per heavy atom. The fourth-order valence-electron chi connectivity index (χ4n) is 3.83. The zero-order valence-electron chi connectivity index (χ0n) is 17.3. The van der Waals surface area contributed by atoms with Gasteiger partial charge in [-0.15, -0.1) is 0 Å². The third-order valence-electron chi connectivity index (χ3n) is 5.31. The normalized spacial score (nSPS) is 12.1. The molecule has 0 unspecified atom stereocenters. The van der Waals surface area contributed by atoms with Crippen LogP contribution in [0.25, 0.3) is 22.4 Å². The van der Waals surface area contributed by atoms with Crippen molar-refractivity contribution in [3.63, 3.8) is 0 Å². The van der Waals surface area contributed by atoms with Crippen molar-refractivity contribution < 1.29 is 0 Å². The van der Waals surface area contributed by atoms with Crippen LogP contribution in [0.3, 0.4) is 0 Å². The number of fused-ring (bicyclic) bond motifs is 1. The van der Waals surface area contributed by atoms with Gasteiger partial charge >= 0.3 is 0 Å². The summed E-state index contributed by atoms with van der Waals surface area (Å²) in [5.41, 5.74) is 10.4. The van der Waals surface area contributed by atoms with Crippen LogP contribution >= 0.6 is 0 Å². The van der Waals surface area contributed by atoms with Crippen molar-refractivity contribution in [2.24, 2.45) is 0 Å². The van der Waals surface area contributed by atoms with Crippen LogP contribution in [0, 0.1) is 27.7 Å². The highest BCUT2D eigenvalue weighted by molar-refractivity contribution is 5.98. The lowest BCUT2D eigenvalue weighted by Crippen LogP contribution is -1.99. The summed E-state index contributed by atoms with van der Waals surface area (Å²) in [5, 5.41) is 5.71. The molecule has 3 aromatic carbocycles. The molecule has 1 heteroatoms. The molecule has 0 fully saturated rings. The number of hydrogen-bond donors (Lipinski definition) is 1. The topological polar surface area (TPSA) is 12.0 Å². The fourth-order valence-corrected chi connectivity index (χ4v) is 3.83. The van der Waals surface area contributed by atoms with E-state index in [1.165, 1.54) is 55.3 Å². The van der Waals surface area contributed by atoms with Crippen LogP contribution < -0.4 is 5.32 Å². The van der Waals surface area contributed by atoms with E-state index in [-0.39, 0.29) is 0 Å². The standard InChI is InChI=1S/C26H29N/c1-7-22(26-16-18(3)14-19(4)20(26)5)24-11-9-21-15-17(2)8-10-23(21)25(24)12-13-27-6/h7-16,27H,1-6H3/b13-12-,22-7-. The van der Waals surface area contributed by atoms with Gasteiger partial charge in [0.2, 0.25) is 0 Å². The number of hydrogen-bond acceptors (Lipinski definition) is 1. The van der Waals surface area contributed by atoms with Crippen molar-refractivity contribution in [2.75, 3.05) is 7.05 Å². The summed E-state index contributed by atoms with van der Waals surface area (Å²) in [6, 6.07) is 15.8. The van der Waals surface area contributed by atoms with Gasteiger partial charge in [0.05, 0.1) is 0 Å². The third kappa shape index (κ3) is 3.68. The summed E-state index contributed by atoms with van der Waals surface area (Å²) in [4.78, 5) is 0. The highest BCUT2D eigenvalue weighted by Gasteiger charge is 2.14. The Balaban J connectivity index is 2.32. The molecule has 1 N–H and O–H groups in total. The Morgan fingerprint density at radius 3 is 2.33 bits per heavy atom. The summed E-state index contributed by atoms with van der Waals surface area (Å²) in [5.74, 6) is 0. The van der Waals surface area contributed by atoms with Crippen molar-refractivity contribution in [3.05, 3.63) is 93.7 Å². The quantitative estimate of drug-likeness (QED) is 0.548. The molecule has 0 aliphatic carbocycles. The second kappa shape index (κ2) is 7.84. The van der Waals surface area contributed by atoms with E-state index in [1.54, 1.807) is 0 Å². The molecule has 0 aromatic heterocycles. The number of allylic oxidation sites excluding steroid dienone is 1. The highest BCUT2D eigenvalue weighted by atomic mass is 14.8. The molecule has 0 bridgehead atoms. The van der Waals surface area contributed by atoms with Crippen molar-refractivity contribution in [1.29, 1.82) is 0 Å². The van der Waals surface area contributed by atoms with Crippen molar-refractivity contribution in [3.8, 4) is 0 Å². The van der Waals surface area contributed by atoms with E-state index in [0.29, 0.717) is 0 Å². The second-order valence-corrected chi connectivity index (χ2v) is 7.33. The largest absolute Gasteiger partial charge is 0.394 e. The molecule has 138 valence electrons. The van der Waals surface area contributed by atoms with E-state index >= 15 is 0 Å². The molecule has 0 aliphatic heterocycles. The summed E-state index contributed by atoms with van der Waals surface area (Å²) in [7, 11) is 1.94. The predicted molar refractivity (Wildman–Crippen MR) is 120 cm³/mol. The predicted octanol–water partition coefficient (Wildman–Crippen LogP) is 6.72. The van der Waals surface area contributed by atoms with E-state index in [1.807, 2.05) is 13.2 Å². The van der Waals surface area contributed by atoms with Gasteiger partial charge in [0, 0.05) is 7.05 Å². The van der Waals surface area contributed by atoms with Crippen LogP contribution in [-0.4, -0.2) is 7.05 Å². The van der Waals surface area contributed by atoms with E-state index < -0.39 is 0 Å². The summed E-state index contributed by atoms with van der Waals surface area (Å²) in [6.45, 7) is 10.9. The number of benzene rings is 3. The van der Waals surface area contributed by atoms with Gasteiger partial charge in [0.1, 0.15) is 0 Å². The van der Waals surface area contributed by atoms with E-state index in [9.17, 15) is 0 Å². The molecule has 0 spiro atoms. The smallest absolute Gasteiger partial charge is 0.00277 e. The lowest BCUT2D eigenvalue weighted by atomic mass is 9.86. The monoisotopic (exact) mass is 355 g/mol. The third-order valence-corrected chi connectivity index (χ3v) is 5.31. The maximum Gasteiger partial charge on any atom is 0.00277 e. The molecule has 1 nitrogen and oxygen atoms in total. The van der Waals surface area contributed by atoms with E-state index in [0.717, 1.165) is 0 Å². The molecular formula is C26H29N. The lowest BCUT2D eigenvalue weighted by Gasteiger charge is -2.18. The maximum atomic E-state index is 3.15. The van der Waals surface area contributed by atoms with Crippen LogP contribution in [0.5, 0.6) is 0 Å². The van der Waals surface area contributed by atoms with Gasteiger partial charge in [-0.05, 0) is 91.1 Å². The van der Waals surface area contributed by atoms with Crippen molar-refractivity contribution in [1.82, 2.24) is 5.32 Å². The first-order chi connectivity index (χ1) is 13.0. The molecule has 0 radical (unpaired) electrons. The molecule has 0 heterocycles. The van der Waals surface area contributed by atoms with Gasteiger partial charge in [0.15, 0.2) is 0 Å². The second-order valence-electron chi connectivity index (χ2n) is 7.33. The van der Waals surface area contributed by atoms with Crippen molar-refractivity contribution in [2.45, 2.75) is 34.6 Å². The Hall–Kier alpha value is -2.80. The first kappa shape index (κ1) is 19.0. The lowest BCUT2D eigenvalue weighted by molar-refractivity contribution is 1.11. The van der Waals surface area contributed by atoms with Gasteiger partial charge in [-0.2, -0.15) is 0 Å². The summed E-state index contributed by atoms with van der Waals surface area (Å²) >= 11 is 0. The van der Waals surface area contributed by atoms with Gasteiger partial charge in [-0.1, -0.05) is 59.7 Å². The van der Waals surface area contributed by atoms with Crippen LogP contribution in [-0.2, 0) is 0 Å². The highest BCUT2D eigenvalue weighted by Crippen LogP contribution is 2.35. The SMILES string of the molecule is C/C=C(\c1cc(C)cc(C)c1C)c1ccc2cc(C)ccc2c1/C=C\NC. The van der Waals surface area contributed by atoms with Gasteiger partial charge in [-0.3, -0.25) is 0 Å². The molecule has 0 saturated carbocycles. The molecule has 0 amide bonds. The molecule has 27 heavy (non-hydrogen) atoms. The van der Waals surface area contributed by atoms with E-state index in [2.05, 4.69) is 94.6 Å². The molecule has 0 atom stereocenters. The van der Waals surface area contributed by atoms with Crippen LogP contribution in [0.4, 0.5) is 0 Å². The Labute approximate surface area is 163 Å². The fraction of sp³-hybridized carbons (Fsp3) is 0.231. The van der Waals surface area contributed by atoms with Gasteiger partial charge in [-0.25, -0.2) is 0 Å². The Bertz CT molecular complexity index is 1050. The summed E-state index contributed by atoms with van der Waals surface area (Å²) < 4.78 is 0. The average Bonchev–Trinajstić information content (AvgIpc) is 2.64. The summed E-state index contributed by atoms with van der Waals surface area (Å²) in [6.07, 6.45) is 6.45. The zero-order chi connectivity index (χ0) is 19.6. The van der Waals surface area contributed by atoms with Crippen LogP contribution in [0.15, 0.2) is 54.7 Å². The van der Waals surface area contributed by atoms with Gasteiger partial charge < -0.3 is 5.32 Å². The first-order valence-electron chi connectivity index (χ1n) is 9.58. The molecular weight excluding hydrogens is 326 g/mol. The molecule has 0 aliphatic rings. The molecule has 0 saturated heterocycles. The van der Waals surface area contributed by atoms with Crippen molar-refractivity contribution >= 4 is 22.4 Å². The zero-order valence-corrected chi connectivity index (χ0v) is 17.3.